The number of hydrogen-bond donors (Lipinski definition) is 1. The van der Waals surface area contributed by atoms with Crippen LogP contribution in [-0.4, -0.2) is 42.5 Å². The van der Waals surface area contributed by atoms with Gasteiger partial charge in [0, 0.05) is 24.3 Å². The van der Waals surface area contributed by atoms with E-state index in [1.165, 1.54) is 0 Å². The molecule has 3 rings (SSSR count). The molecule has 2 aromatic rings. The van der Waals surface area contributed by atoms with E-state index in [0.29, 0.717) is 18.7 Å². The molecule has 2 heterocycles. The lowest BCUT2D eigenvalue weighted by atomic mass is 9.96. The Kier molecular flexibility index (Phi) is 6.51. The summed E-state index contributed by atoms with van der Waals surface area (Å²) in [5.41, 5.74) is 3.63. The highest BCUT2D eigenvalue weighted by atomic mass is 32.2. The summed E-state index contributed by atoms with van der Waals surface area (Å²) in [4.78, 5) is 17.1. The van der Waals surface area contributed by atoms with Gasteiger partial charge in [0.15, 0.2) is 0 Å². The number of aliphatic hydroxyl groups is 1. The minimum Gasteiger partial charge on any atom is -0.461 e. The fourth-order valence-electron chi connectivity index (χ4n) is 3.59. The van der Waals surface area contributed by atoms with Crippen molar-refractivity contribution in [1.82, 2.24) is 9.29 Å². The van der Waals surface area contributed by atoms with Gasteiger partial charge in [0.25, 0.3) is 0 Å². The Morgan fingerprint density at radius 1 is 1.31 bits per heavy atom. The van der Waals surface area contributed by atoms with Gasteiger partial charge in [0.05, 0.1) is 23.1 Å². The topological polar surface area (TPSA) is 79.7 Å². The zero-order valence-corrected chi connectivity index (χ0v) is 18.2. The minimum atomic E-state index is -1.28. The summed E-state index contributed by atoms with van der Waals surface area (Å²) < 4.78 is 19.9. The van der Waals surface area contributed by atoms with Crippen molar-refractivity contribution < 1.29 is 18.8 Å². The van der Waals surface area contributed by atoms with Gasteiger partial charge in [-0.15, -0.1) is 0 Å². The van der Waals surface area contributed by atoms with E-state index in [-0.39, 0.29) is 24.9 Å². The predicted octanol–water partition coefficient (Wildman–Crippen LogP) is 3.63. The molecule has 0 amide bonds. The quantitative estimate of drug-likeness (QED) is 0.728. The Balaban J connectivity index is 2.18. The summed E-state index contributed by atoms with van der Waals surface area (Å²) in [6.45, 7) is 8.22. The van der Waals surface area contributed by atoms with Crippen LogP contribution in [0.25, 0.3) is 11.3 Å². The van der Waals surface area contributed by atoms with Crippen LogP contribution in [0.3, 0.4) is 0 Å². The molecule has 156 valence electrons. The number of rotatable bonds is 6. The molecule has 0 spiro atoms. The fraction of sp³-hybridized carbons (Fsp3) is 0.455. The highest BCUT2D eigenvalue weighted by Crippen LogP contribution is 2.43. The van der Waals surface area contributed by atoms with Gasteiger partial charge in [0.1, 0.15) is 16.7 Å². The highest BCUT2D eigenvalue weighted by molar-refractivity contribution is 7.84. The first kappa shape index (κ1) is 21.6. The highest BCUT2D eigenvalue weighted by Gasteiger charge is 2.40. The average molecular weight is 417 g/mol. The molecule has 0 saturated heterocycles. The second-order valence-electron chi connectivity index (χ2n) is 7.98. The third-order valence-corrected chi connectivity index (χ3v) is 6.68. The van der Waals surface area contributed by atoms with Crippen LogP contribution in [0.4, 0.5) is 0 Å². The first-order chi connectivity index (χ1) is 13.8. The second-order valence-corrected chi connectivity index (χ2v) is 10.2. The molecule has 0 radical (unpaired) electrons. The largest absolute Gasteiger partial charge is 0.461 e. The van der Waals surface area contributed by atoms with Gasteiger partial charge < -0.3 is 9.84 Å². The number of ether oxygens (including phenoxy) is 1. The van der Waals surface area contributed by atoms with Crippen molar-refractivity contribution in [3.63, 3.8) is 0 Å². The lowest BCUT2D eigenvalue weighted by Crippen LogP contribution is -2.36. The van der Waals surface area contributed by atoms with Gasteiger partial charge in [-0.25, -0.2) is 18.3 Å². The van der Waals surface area contributed by atoms with Crippen molar-refractivity contribution in [3.05, 3.63) is 53.2 Å². The van der Waals surface area contributed by atoms with E-state index in [0.717, 1.165) is 16.7 Å². The molecule has 0 fully saturated rings. The Labute approximate surface area is 174 Å². The molecular weight excluding hydrogens is 388 g/mol. The molecule has 2 atom stereocenters. The third kappa shape index (κ3) is 4.42. The van der Waals surface area contributed by atoms with Crippen LogP contribution >= 0.6 is 0 Å². The number of pyridine rings is 1. The van der Waals surface area contributed by atoms with Crippen LogP contribution in [0.1, 0.15) is 61.8 Å². The molecule has 1 aliphatic rings. The maximum Gasteiger partial charge on any atom is 0.356 e. The number of aliphatic hydroxyl groups excluding tert-OH is 1. The van der Waals surface area contributed by atoms with Crippen molar-refractivity contribution in [3.8, 4) is 11.3 Å². The normalized spacial score (nSPS) is 17.8. The average Bonchev–Trinajstić information content (AvgIpc) is 3.05. The van der Waals surface area contributed by atoms with Crippen molar-refractivity contribution in [2.75, 3.05) is 13.2 Å². The van der Waals surface area contributed by atoms with Crippen molar-refractivity contribution in [2.24, 2.45) is 0 Å². The molecule has 7 heteroatoms. The van der Waals surface area contributed by atoms with Crippen molar-refractivity contribution in [2.45, 2.75) is 51.4 Å². The summed E-state index contributed by atoms with van der Waals surface area (Å²) in [7, 11) is -1.28. The van der Waals surface area contributed by atoms with E-state index in [4.69, 9.17) is 4.74 Å². The predicted molar refractivity (Wildman–Crippen MR) is 114 cm³/mol. The Morgan fingerprint density at radius 2 is 2.00 bits per heavy atom. The molecule has 1 aromatic carbocycles. The molecule has 29 heavy (non-hydrogen) atoms. The van der Waals surface area contributed by atoms with Gasteiger partial charge >= 0.3 is 5.97 Å². The van der Waals surface area contributed by atoms with Gasteiger partial charge in [-0.1, -0.05) is 30.3 Å². The number of aromatic nitrogens is 1. The Morgan fingerprint density at radius 3 is 2.59 bits per heavy atom. The monoisotopic (exact) mass is 416 g/mol. The number of carbonyl (C=O) groups excluding carboxylic acids is 1. The van der Waals surface area contributed by atoms with E-state index in [1.54, 1.807) is 13.0 Å². The maximum atomic E-state index is 13.2. The molecule has 0 saturated carbocycles. The molecule has 1 aromatic heterocycles. The van der Waals surface area contributed by atoms with Crippen molar-refractivity contribution >= 4 is 17.0 Å². The summed E-state index contributed by atoms with van der Waals surface area (Å²) in [6.07, 6.45) is 0.440. The van der Waals surface area contributed by atoms with Crippen LogP contribution in [0, 0.1) is 0 Å². The molecular formula is C22H28N2O4S. The van der Waals surface area contributed by atoms with Crippen LogP contribution in [0.2, 0.25) is 0 Å². The number of esters is 1. The first-order valence-corrected chi connectivity index (χ1v) is 10.9. The Bertz CT molecular complexity index is 909. The third-order valence-electron chi connectivity index (χ3n) is 4.82. The second kappa shape index (κ2) is 8.73. The summed E-state index contributed by atoms with van der Waals surface area (Å²) in [5, 5.41) is 9.71. The summed E-state index contributed by atoms with van der Waals surface area (Å²) in [6, 6.07) is 11.1. The number of hydrogen-bond acceptors (Lipinski definition) is 5. The van der Waals surface area contributed by atoms with Crippen LogP contribution in [0.15, 0.2) is 36.4 Å². The van der Waals surface area contributed by atoms with Crippen LogP contribution in [-0.2, 0) is 22.3 Å². The van der Waals surface area contributed by atoms with E-state index in [2.05, 4.69) is 4.98 Å². The van der Waals surface area contributed by atoms with Crippen molar-refractivity contribution in [1.29, 1.82) is 0 Å². The molecule has 0 unspecified atom stereocenters. The van der Waals surface area contributed by atoms with Gasteiger partial charge in [-0.3, -0.25) is 0 Å². The number of nitrogens with zero attached hydrogens (tertiary/aromatic N) is 2. The molecule has 1 N–H and O–H groups in total. The lowest BCUT2D eigenvalue weighted by molar-refractivity contribution is 0.0519. The van der Waals surface area contributed by atoms with Gasteiger partial charge in [-0.2, -0.15) is 0 Å². The molecule has 0 aliphatic carbocycles. The maximum absolute atomic E-state index is 13.2. The summed E-state index contributed by atoms with van der Waals surface area (Å²) >= 11 is 0. The van der Waals surface area contributed by atoms with Crippen LogP contribution in [0.5, 0.6) is 0 Å². The minimum absolute atomic E-state index is 0.0319. The van der Waals surface area contributed by atoms with Gasteiger partial charge in [-0.05, 0) is 45.7 Å². The Hall–Kier alpha value is -2.09. The van der Waals surface area contributed by atoms with E-state index >= 15 is 0 Å². The van der Waals surface area contributed by atoms with Gasteiger partial charge in [0.2, 0.25) is 0 Å². The van der Waals surface area contributed by atoms with Crippen LogP contribution < -0.4 is 0 Å². The number of benzene rings is 1. The summed E-state index contributed by atoms with van der Waals surface area (Å²) in [5.74, 6) is -0.471. The molecule has 6 nitrogen and oxygen atoms in total. The number of carbonyl (C=O) groups is 1. The van der Waals surface area contributed by atoms with E-state index in [1.807, 2.05) is 55.4 Å². The zero-order chi connectivity index (χ0) is 21.2. The zero-order valence-electron chi connectivity index (χ0n) is 17.3. The molecule has 1 aliphatic heterocycles. The fourth-order valence-corrected chi connectivity index (χ4v) is 5.00. The SMILES string of the molecule is CCOC(=O)c1cc2c(c(-c3ccccc3)n1)[C@@H](CCO)N([S@@](=O)C(C)(C)C)C2. The number of fused-ring (bicyclic) bond motifs is 1. The molecule has 0 bridgehead atoms. The van der Waals surface area contributed by atoms with E-state index in [9.17, 15) is 14.1 Å². The first-order valence-electron chi connectivity index (χ1n) is 9.83. The standard InChI is InChI=1S/C22H28N2O4S/c1-5-28-21(26)17-13-16-14-24(29(27)22(2,3)4)18(11-12-25)19(16)20(23-17)15-9-7-6-8-10-15/h6-10,13,18,25H,5,11-12,14H2,1-4H3/t18-,29+/m1/s1. The lowest BCUT2D eigenvalue weighted by Gasteiger charge is -2.30. The smallest absolute Gasteiger partial charge is 0.356 e. The van der Waals surface area contributed by atoms with E-state index < -0.39 is 21.7 Å².